The maximum atomic E-state index is 11.2. The number of aromatic nitrogens is 2. The summed E-state index contributed by atoms with van der Waals surface area (Å²) in [7, 11) is -3.32. The van der Waals surface area contributed by atoms with Gasteiger partial charge in [0.2, 0.25) is 10.0 Å². The summed E-state index contributed by atoms with van der Waals surface area (Å²) < 4.78 is 24.7. The quantitative estimate of drug-likeness (QED) is 0.828. The first-order valence-corrected chi connectivity index (χ1v) is 7.84. The highest BCUT2D eigenvalue weighted by atomic mass is 32.2. The first kappa shape index (κ1) is 11.9. The van der Waals surface area contributed by atoms with Gasteiger partial charge in [-0.15, -0.1) is 0 Å². The minimum atomic E-state index is -3.32. The summed E-state index contributed by atoms with van der Waals surface area (Å²) in [6.45, 7) is 0. The van der Waals surface area contributed by atoms with Gasteiger partial charge >= 0.3 is 0 Å². The van der Waals surface area contributed by atoms with Gasteiger partial charge in [-0.3, -0.25) is 4.72 Å². The molecule has 2 fully saturated rings. The zero-order chi connectivity index (χ0) is 13.0. The van der Waals surface area contributed by atoms with Crippen LogP contribution in [0.4, 0.5) is 5.82 Å². The Labute approximate surface area is 106 Å². The zero-order valence-electron chi connectivity index (χ0n) is 10.1. The molecule has 0 spiro atoms. The van der Waals surface area contributed by atoms with Gasteiger partial charge in [-0.25, -0.2) is 18.4 Å². The van der Waals surface area contributed by atoms with E-state index >= 15 is 0 Å². The van der Waals surface area contributed by atoms with E-state index in [0.717, 1.165) is 36.6 Å². The van der Waals surface area contributed by atoms with Gasteiger partial charge in [0.05, 0.1) is 17.5 Å². The molecule has 3 rings (SSSR count). The van der Waals surface area contributed by atoms with E-state index in [1.54, 1.807) is 6.07 Å². The van der Waals surface area contributed by atoms with Crippen LogP contribution in [0.25, 0.3) is 0 Å². The second-order valence-electron chi connectivity index (χ2n) is 5.48. The van der Waals surface area contributed by atoms with Crippen LogP contribution in [0.2, 0.25) is 0 Å². The van der Waals surface area contributed by atoms with Crippen molar-refractivity contribution in [2.45, 2.75) is 24.8 Å². The molecular formula is C11H16N4O2S. The Morgan fingerprint density at radius 1 is 1.39 bits per heavy atom. The molecule has 2 aliphatic rings. The molecule has 3 N–H and O–H groups in total. The van der Waals surface area contributed by atoms with Crippen molar-refractivity contribution in [2.24, 2.45) is 17.6 Å². The number of nitrogens with one attached hydrogen (secondary N) is 1. The highest BCUT2D eigenvalue weighted by Gasteiger charge is 2.53. The van der Waals surface area contributed by atoms with Crippen LogP contribution in [-0.2, 0) is 15.6 Å². The van der Waals surface area contributed by atoms with E-state index in [2.05, 4.69) is 14.7 Å². The fourth-order valence-corrected chi connectivity index (χ4v) is 3.41. The third kappa shape index (κ3) is 2.20. The van der Waals surface area contributed by atoms with Crippen LogP contribution in [0.3, 0.4) is 0 Å². The molecule has 18 heavy (non-hydrogen) atoms. The highest BCUT2D eigenvalue weighted by molar-refractivity contribution is 7.92. The summed E-state index contributed by atoms with van der Waals surface area (Å²) in [5.41, 5.74) is 6.69. The van der Waals surface area contributed by atoms with Gasteiger partial charge in [-0.2, -0.15) is 0 Å². The number of sulfonamides is 1. The number of nitrogens with zero attached hydrogens (tertiary/aromatic N) is 2. The monoisotopic (exact) mass is 268 g/mol. The summed E-state index contributed by atoms with van der Waals surface area (Å²) in [5.74, 6) is 1.75. The summed E-state index contributed by atoms with van der Waals surface area (Å²) in [4.78, 5) is 8.11. The third-order valence-corrected chi connectivity index (χ3v) is 4.37. The molecule has 0 saturated heterocycles. The SMILES string of the molecule is CS(=O)(=O)Nc1cc(C2(N)CC3CC3C2)ncn1. The smallest absolute Gasteiger partial charge is 0.230 e. The first-order chi connectivity index (χ1) is 8.36. The summed E-state index contributed by atoms with van der Waals surface area (Å²) >= 11 is 0. The van der Waals surface area contributed by atoms with Crippen molar-refractivity contribution in [3.63, 3.8) is 0 Å². The fraction of sp³-hybridized carbons (Fsp3) is 0.636. The topological polar surface area (TPSA) is 98.0 Å². The van der Waals surface area contributed by atoms with Gasteiger partial charge < -0.3 is 5.73 Å². The molecule has 2 atom stereocenters. The number of rotatable bonds is 3. The van der Waals surface area contributed by atoms with Crippen LogP contribution in [0.1, 0.15) is 25.0 Å². The van der Waals surface area contributed by atoms with Crippen LogP contribution >= 0.6 is 0 Å². The molecule has 0 radical (unpaired) electrons. The highest BCUT2D eigenvalue weighted by Crippen LogP contribution is 2.58. The van der Waals surface area contributed by atoms with Gasteiger partial charge in [0.15, 0.2) is 0 Å². The molecule has 2 aliphatic carbocycles. The minimum Gasteiger partial charge on any atom is -0.320 e. The third-order valence-electron chi connectivity index (χ3n) is 3.79. The van der Waals surface area contributed by atoms with Crippen molar-refractivity contribution in [3.8, 4) is 0 Å². The van der Waals surface area contributed by atoms with E-state index in [-0.39, 0.29) is 5.82 Å². The molecule has 0 amide bonds. The van der Waals surface area contributed by atoms with E-state index in [0.29, 0.717) is 0 Å². The first-order valence-electron chi connectivity index (χ1n) is 5.95. The predicted octanol–water partition coefficient (Wildman–Crippen LogP) is 0.432. The molecule has 6 nitrogen and oxygen atoms in total. The lowest BCUT2D eigenvalue weighted by Gasteiger charge is -2.25. The van der Waals surface area contributed by atoms with Gasteiger partial charge in [0.25, 0.3) is 0 Å². The van der Waals surface area contributed by atoms with Gasteiger partial charge in [0.1, 0.15) is 12.1 Å². The van der Waals surface area contributed by atoms with E-state index in [1.807, 2.05) is 0 Å². The molecule has 1 aromatic heterocycles. The summed E-state index contributed by atoms with van der Waals surface area (Å²) in [6, 6.07) is 1.64. The van der Waals surface area contributed by atoms with Crippen molar-refractivity contribution >= 4 is 15.8 Å². The average Bonchev–Trinajstić information content (AvgIpc) is 2.85. The van der Waals surface area contributed by atoms with Crippen LogP contribution in [-0.4, -0.2) is 24.6 Å². The van der Waals surface area contributed by atoms with Crippen LogP contribution in [0.5, 0.6) is 0 Å². The molecule has 2 saturated carbocycles. The average molecular weight is 268 g/mol. The van der Waals surface area contributed by atoms with E-state index in [1.165, 1.54) is 12.7 Å². The second kappa shape index (κ2) is 3.64. The van der Waals surface area contributed by atoms with E-state index in [9.17, 15) is 8.42 Å². The normalized spacial score (nSPS) is 34.1. The predicted molar refractivity (Wildman–Crippen MR) is 67.2 cm³/mol. The van der Waals surface area contributed by atoms with Crippen molar-refractivity contribution in [1.29, 1.82) is 0 Å². The van der Waals surface area contributed by atoms with Gasteiger partial charge in [0, 0.05) is 6.07 Å². The zero-order valence-corrected chi connectivity index (χ0v) is 10.9. The molecule has 7 heteroatoms. The molecule has 1 aromatic rings. The Hall–Kier alpha value is -1.21. The molecule has 2 unspecified atom stereocenters. The lowest BCUT2D eigenvalue weighted by atomic mass is 9.90. The fourth-order valence-electron chi connectivity index (χ4n) is 2.91. The number of fused-ring (bicyclic) bond motifs is 1. The minimum absolute atomic E-state index is 0.285. The van der Waals surface area contributed by atoms with Crippen molar-refractivity contribution in [3.05, 3.63) is 18.1 Å². The van der Waals surface area contributed by atoms with Gasteiger partial charge in [-0.1, -0.05) is 0 Å². The molecule has 1 heterocycles. The number of hydrogen-bond donors (Lipinski definition) is 2. The number of hydrogen-bond acceptors (Lipinski definition) is 5. The lowest BCUT2D eigenvalue weighted by Crippen LogP contribution is -2.36. The summed E-state index contributed by atoms with van der Waals surface area (Å²) in [5, 5.41) is 0. The van der Waals surface area contributed by atoms with E-state index in [4.69, 9.17) is 5.73 Å². The van der Waals surface area contributed by atoms with Crippen LogP contribution in [0, 0.1) is 11.8 Å². The van der Waals surface area contributed by atoms with Crippen LogP contribution < -0.4 is 10.5 Å². The second-order valence-corrected chi connectivity index (χ2v) is 7.23. The van der Waals surface area contributed by atoms with Crippen molar-refractivity contribution < 1.29 is 8.42 Å². The number of anilines is 1. The van der Waals surface area contributed by atoms with Crippen LogP contribution in [0.15, 0.2) is 12.4 Å². The molecule has 0 aromatic carbocycles. The largest absolute Gasteiger partial charge is 0.320 e. The maximum absolute atomic E-state index is 11.2. The maximum Gasteiger partial charge on any atom is 0.230 e. The Morgan fingerprint density at radius 3 is 2.67 bits per heavy atom. The standard InChI is InChI=1S/C11H16N4O2S/c1-18(16,17)15-10-3-9(13-6-14-10)11(12)4-7-2-8(7)5-11/h3,6-8H,2,4-5,12H2,1H3,(H,13,14,15). The molecular weight excluding hydrogens is 252 g/mol. The lowest BCUT2D eigenvalue weighted by molar-refractivity contribution is 0.399. The van der Waals surface area contributed by atoms with Gasteiger partial charge in [-0.05, 0) is 31.1 Å². The Balaban J connectivity index is 1.87. The molecule has 98 valence electrons. The Bertz CT molecular complexity index is 576. The van der Waals surface area contributed by atoms with E-state index < -0.39 is 15.6 Å². The summed E-state index contributed by atoms with van der Waals surface area (Å²) in [6.07, 6.45) is 5.61. The number of nitrogens with two attached hydrogens (primary N) is 1. The van der Waals surface area contributed by atoms with Crippen molar-refractivity contribution in [1.82, 2.24) is 9.97 Å². The molecule has 0 bridgehead atoms. The van der Waals surface area contributed by atoms with Crippen molar-refractivity contribution in [2.75, 3.05) is 11.0 Å². The Kier molecular flexibility index (Phi) is 2.40. The Morgan fingerprint density at radius 2 is 2.06 bits per heavy atom. The molecule has 0 aliphatic heterocycles.